The van der Waals surface area contributed by atoms with Gasteiger partial charge in [-0.1, -0.05) is 20.8 Å². The van der Waals surface area contributed by atoms with E-state index >= 15 is 0 Å². The fourth-order valence-corrected chi connectivity index (χ4v) is 1.93. The van der Waals surface area contributed by atoms with Crippen molar-refractivity contribution in [3.05, 3.63) is 0 Å². The van der Waals surface area contributed by atoms with Crippen molar-refractivity contribution in [2.45, 2.75) is 47.1 Å². The van der Waals surface area contributed by atoms with Gasteiger partial charge in [0.15, 0.2) is 0 Å². The summed E-state index contributed by atoms with van der Waals surface area (Å²) in [5.41, 5.74) is -0.272. The molecule has 1 saturated heterocycles. The molecule has 3 heteroatoms. The molecule has 0 N–H and O–H groups in total. The van der Waals surface area contributed by atoms with E-state index < -0.39 is 5.41 Å². The molecule has 1 unspecified atom stereocenters. The molecule has 0 aromatic rings. The first-order chi connectivity index (χ1) is 6.71. The Hall–Kier alpha value is -0.570. The molecule has 0 radical (unpaired) electrons. The van der Waals surface area contributed by atoms with Crippen LogP contribution in [0.4, 0.5) is 0 Å². The van der Waals surface area contributed by atoms with Crippen LogP contribution in [0.2, 0.25) is 0 Å². The first-order valence-electron chi connectivity index (χ1n) is 5.49. The van der Waals surface area contributed by atoms with E-state index in [4.69, 9.17) is 9.47 Å². The molecular formula is C12H22O3. The fraction of sp³-hybridized carbons (Fsp3) is 0.917. The third-order valence-electron chi connectivity index (χ3n) is 2.33. The molecule has 1 heterocycles. The molecule has 1 atom stereocenters. The van der Waals surface area contributed by atoms with Gasteiger partial charge in [-0.25, -0.2) is 0 Å². The Morgan fingerprint density at radius 1 is 1.33 bits per heavy atom. The third-order valence-corrected chi connectivity index (χ3v) is 2.33. The van der Waals surface area contributed by atoms with Crippen LogP contribution in [0.25, 0.3) is 0 Å². The number of ether oxygens (including phenoxy) is 2. The number of hydrogen-bond acceptors (Lipinski definition) is 3. The zero-order valence-electron chi connectivity index (χ0n) is 10.4. The van der Waals surface area contributed by atoms with Gasteiger partial charge < -0.3 is 9.47 Å². The van der Waals surface area contributed by atoms with Gasteiger partial charge in [0.1, 0.15) is 12.7 Å². The summed E-state index contributed by atoms with van der Waals surface area (Å²) in [7, 11) is 0. The molecule has 0 aromatic heterocycles. The van der Waals surface area contributed by atoms with E-state index in [0.717, 1.165) is 13.0 Å². The van der Waals surface area contributed by atoms with Gasteiger partial charge >= 0.3 is 5.97 Å². The molecule has 0 aromatic carbocycles. The number of rotatable bonds is 4. The Morgan fingerprint density at radius 2 is 1.87 bits per heavy atom. The SMILES string of the molecule is CC(C)(C)CC(C)(C)C(=O)OCC1CO1. The summed E-state index contributed by atoms with van der Waals surface area (Å²) < 4.78 is 10.2. The second-order valence-corrected chi connectivity index (χ2v) is 6.18. The molecule has 0 saturated carbocycles. The van der Waals surface area contributed by atoms with Crippen molar-refractivity contribution in [2.75, 3.05) is 13.2 Å². The number of hydrogen-bond donors (Lipinski definition) is 0. The molecule has 15 heavy (non-hydrogen) atoms. The van der Waals surface area contributed by atoms with Crippen LogP contribution in [0.15, 0.2) is 0 Å². The second-order valence-electron chi connectivity index (χ2n) is 6.18. The summed E-state index contributed by atoms with van der Waals surface area (Å²) in [6.07, 6.45) is 0.976. The van der Waals surface area contributed by atoms with Gasteiger partial charge in [-0.3, -0.25) is 4.79 Å². The van der Waals surface area contributed by atoms with Crippen molar-refractivity contribution in [1.82, 2.24) is 0 Å². The monoisotopic (exact) mass is 214 g/mol. The van der Waals surface area contributed by atoms with E-state index in [0.29, 0.717) is 6.61 Å². The number of carbonyl (C=O) groups excluding carboxylic acids is 1. The smallest absolute Gasteiger partial charge is 0.311 e. The fourth-order valence-electron chi connectivity index (χ4n) is 1.93. The minimum atomic E-state index is -0.410. The zero-order chi connectivity index (χ0) is 11.7. The zero-order valence-corrected chi connectivity index (χ0v) is 10.4. The van der Waals surface area contributed by atoms with E-state index in [9.17, 15) is 4.79 Å². The Morgan fingerprint density at radius 3 is 2.27 bits per heavy atom. The van der Waals surface area contributed by atoms with Crippen LogP contribution in [0.3, 0.4) is 0 Å². The van der Waals surface area contributed by atoms with E-state index in [-0.39, 0.29) is 17.5 Å². The molecule has 1 aliphatic rings. The van der Waals surface area contributed by atoms with Gasteiger partial charge in [0, 0.05) is 0 Å². The average Bonchev–Trinajstić information content (AvgIpc) is 2.77. The molecule has 3 nitrogen and oxygen atoms in total. The van der Waals surface area contributed by atoms with Crippen LogP contribution in [0, 0.1) is 10.8 Å². The largest absolute Gasteiger partial charge is 0.462 e. The molecule has 1 fully saturated rings. The quantitative estimate of drug-likeness (QED) is 0.533. The predicted octanol–water partition coefficient (Wildman–Crippen LogP) is 2.39. The average molecular weight is 214 g/mol. The lowest BCUT2D eigenvalue weighted by Gasteiger charge is -2.30. The van der Waals surface area contributed by atoms with Crippen molar-refractivity contribution >= 4 is 5.97 Å². The normalized spacial score (nSPS) is 21.3. The van der Waals surface area contributed by atoms with Gasteiger partial charge in [0.25, 0.3) is 0 Å². The highest BCUT2D eigenvalue weighted by Gasteiger charge is 2.35. The van der Waals surface area contributed by atoms with E-state index in [2.05, 4.69) is 20.8 Å². The molecular weight excluding hydrogens is 192 g/mol. The number of esters is 1. The Balaban J connectivity index is 2.39. The summed E-state index contributed by atoms with van der Waals surface area (Å²) in [4.78, 5) is 11.8. The molecule has 1 aliphatic heterocycles. The molecule has 0 aliphatic carbocycles. The summed E-state index contributed by atoms with van der Waals surface area (Å²) in [6, 6.07) is 0. The van der Waals surface area contributed by atoms with Gasteiger partial charge in [-0.15, -0.1) is 0 Å². The van der Waals surface area contributed by atoms with Crippen LogP contribution in [-0.2, 0) is 14.3 Å². The van der Waals surface area contributed by atoms with E-state index in [1.54, 1.807) is 0 Å². The van der Waals surface area contributed by atoms with Crippen molar-refractivity contribution in [3.8, 4) is 0 Å². The summed E-state index contributed by atoms with van der Waals surface area (Å²) >= 11 is 0. The highest BCUT2D eigenvalue weighted by molar-refractivity contribution is 5.76. The predicted molar refractivity (Wildman–Crippen MR) is 58.6 cm³/mol. The summed E-state index contributed by atoms with van der Waals surface area (Å²) in [5, 5.41) is 0. The maximum Gasteiger partial charge on any atom is 0.311 e. The van der Waals surface area contributed by atoms with Gasteiger partial charge in [0.2, 0.25) is 0 Å². The topological polar surface area (TPSA) is 38.8 Å². The highest BCUT2D eigenvalue weighted by atomic mass is 16.6. The van der Waals surface area contributed by atoms with Crippen LogP contribution in [0.5, 0.6) is 0 Å². The van der Waals surface area contributed by atoms with Crippen molar-refractivity contribution in [2.24, 2.45) is 10.8 Å². The molecule has 88 valence electrons. The van der Waals surface area contributed by atoms with Crippen LogP contribution in [-0.4, -0.2) is 25.3 Å². The van der Waals surface area contributed by atoms with Gasteiger partial charge in [-0.05, 0) is 25.7 Å². The van der Waals surface area contributed by atoms with E-state index in [1.807, 2.05) is 13.8 Å². The Bertz CT molecular complexity index is 234. The summed E-state index contributed by atoms with van der Waals surface area (Å²) in [6.45, 7) is 11.4. The number of carbonyl (C=O) groups is 1. The molecule has 1 rings (SSSR count). The first kappa shape index (κ1) is 12.5. The van der Waals surface area contributed by atoms with Crippen molar-refractivity contribution < 1.29 is 14.3 Å². The minimum Gasteiger partial charge on any atom is -0.462 e. The lowest BCUT2D eigenvalue weighted by Crippen LogP contribution is -2.32. The molecule has 0 amide bonds. The Kier molecular flexibility index (Phi) is 3.44. The third kappa shape index (κ3) is 4.65. The van der Waals surface area contributed by atoms with Crippen LogP contribution < -0.4 is 0 Å². The van der Waals surface area contributed by atoms with E-state index in [1.165, 1.54) is 0 Å². The number of epoxide rings is 1. The lowest BCUT2D eigenvalue weighted by molar-refractivity contribution is -0.156. The maximum absolute atomic E-state index is 11.8. The van der Waals surface area contributed by atoms with Gasteiger partial charge in [0.05, 0.1) is 12.0 Å². The second kappa shape index (κ2) is 4.12. The standard InChI is InChI=1S/C12H22O3/c1-11(2,3)8-12(4,5)10(13)15-7-9-6-14-9/h9H,6-8H2,1-5H3. The lowest BCUT2D eigenvalue weighted by atomic mass is 9.76. The molecule has 0 bridgehead atoms. The van der Waals surface area contributed by atoms with Crippen LogP contribution in [0.1, 0.15) is 41.0 Å². The minimum absolute atomic E-state index is 0.118. The van der Waals surface area contributed by atoms with Crippen LogP contribution >= 0.6 is 0 Å². The van der Waals surface area contributed by atoms with Crippen molar-refractivity contribution in [1.29, 1.82) is 0 Å². The summed E-state index contributed by atoms with van der Waals surface area (Å²) in [5.74, 6) is -0.118. The molecule has 0 spiro atoms. The Labute approximate surface area is 92.1 Å². The van der Waals surface area contributed by atoms with Gasteiger partial charge in [-0.2, -0.15) is 0 Å². The maximum atomic E-state index is 11.8. The highest BCUT2D eigenvalue weighted by Crippen LogP contribution is 2.34. The van der Waals surface area contributed by atoms with Crippen molar-refractivity contribution in [3.63, 3.8) is 0 Å². The first-order valence-corrected chi connectivity index (χ1v) is 5.49.